The summed E-state index contributed by atoms with van der Waals surface area (Å²) in [6.07, 6.45) is 0. The Hall–Kier alpha value is -0.786. The zero-order valence-corrected chi connectivity index (χ0v) is 19.2. The van der Waals surface area contributed by atoms with E-state index in [2.05, 4.69) is 67.7 Å². The summed E-state index contributed by atoms with van der Waals surface area (Å²) >= 11 is 0. The van der Waals surface area contributed by atoms with Gasteiger partial charge in [-0.15, -0.1) is 0 Å². The highest BCUT2D eigenvalue weighted by Gasteiger charge is 2.40. The maximum Gasteiger partial charge on any atom is 0.250 e. The number of hydrogen-bond donors (Lipinski definition) is 1. The second-order valence-electron chi connectivity index (χ2n) is 9.65. The predicted octanol–water partition coefficient (Wildman–Crippen LogP) is 5.95. The van der Waals surface area contributed by atoms with E-state index in [0.717, 1.165) is 17.1 Å². The first kappa shape index (κ1) is 21.3. The molecule has 0 saturated carbocycles. The molecule has 0 aliphatic rings. The van der Waals surface area contributed by atoms with E-state index < -0.39 is 16.6 Å². The van der Waals surface area contributed by atoms with Crippen molar-refractivity contribution in [2.45, 2.75) is 84.4 Å². The van der Waals surface area contributed by atoms with Gasteiger partial charge in [0.25, 0.3) is 0 Å². The van der Waals surface area contributed by atoms with Crippen LogP contribution in [0, 0.1) is 0 Å². The maximum absolute atomic E-state index is 9.79. The van der Waals surface area contributed by atoms with Crippen molar-refractivity contribution in [2.24, 2.45) is 0 Å². The number of hydrogen-bond acceptors (Lipinski definition) is 3. The van der Waals surface area contributed by atoms with Gasteiger partial charge in [-0.25, -0.2) is 0 Å². The van der Waals surface area contributed by atoms with Crippen LogP contribution in [0.1, 0.15) is 47.1 Å². The zero-order valence-electron chi connectivity index (χ0n) is 17.2. The lowest BCUT2D eigenvalue weighted by Crippen LogP contribution is -2.44. The Kier molecular flexibility index (Phi) is 6.06. The van der Waals surface area contributed by atoms with E-state index in [4.69, 9.17) is 8.85 Å². The van der Waals surface area contributed by atoms with Crippen LogP contribution in [-0.4, -0.2) is 21.7 Å². The molecule has 0 amide bonds. The van der Waals surface area contributed by atoms with Gasteiger partial charge in [-0.2, -0.15) is 0 Å². The van der Waals surface area contributed by atoms with E-state index in [1.165, 1.54) is 0 Å². The average molecular weight is 369 g/mol. The molecule has 1 N–H and O–H groups in total. The third kappa shape index (κ3) is 4.86. The molecule has 1 aromatic rings. The molecule has 138 valence electrons. The summed E-state index contributed by atoms with van der Waals surface area (Å²) in [5, 5.41) is 10.1. The van der Waals surface area contributed by atoms with E-state index in [0.29, 0.717) is 0 Å². The number of aliphatic hydroxyl groups excluding tert-OH is 1. The normalized spacial score (nSPS) is 13.8. The SMILES string of the molecule is CC(C)(C)[Si](C)(C)Oc1ccc(O[Si](C)(C)C(C)(C)C)c(CO)c1. The first-order chi connectivity index (χ1) is 10.6. The molecular formula is C19H36O3Si2. The quantitative estimate of drug-likeness (QED) is 0.653. The molecular weight excluding hydrogens is 332 g/mol. The molecule has 0 unspecified atom stereocenters. The van der Waals surface area contributed by atoms with Gasteiger partial charge in [-0.1, -0.05) is 41.5 Å². The third-order valence-electron chi connectivity index (χ3n) is 5.55. The fourth-order valence-corrected chi connectivity index (χ4v) is 3.80. The lowest BCUT2D eigenvalue weighted by atomic mass is 10.2. The molecule has 0 heterocycles. The average Bonchev–Trinajstić information content (AvgIpc) is 2.37. The first-order valence-electron chi connectivity index (χ1n) is 8.72. The summed E-state index contributed by atoms with van der Waals surface area (Å²) in [7, 11) is -3.82. The van der Waals surface area contributed by atoms with Crippen LogP contribution in [0.5, 0.6) is 11.5 Å². The smallest absolute Gasteiger partial charge is 0.250 e. The fraction of sp³-hybridized carbons (Fsp3) is 0.684. The van der Waals surface area contributed by atoms with Gasteiger partial charge in [0.05, 0.1) is 6.61 Å². The summed E-state index contributed by atoms with van der Waals surface area (Å²) in [5.41, 5.74) is 0.802. The van der Waals surface area contributed by atoms with Crippen molar-refractivity contribution in [3.8, 4) is 11.5 Å². The maximum atomic E-state index is 9.79. The van der Waals surface area contributed by atoms with Gasteiger partial charge in [-0.3, -0.25) is 0 Å². The van der Waals surface area contributed by atoms with E-state index in [-0.39, 0.29) is 16.7 Å². The Morgan fingerprint density at radius 2 is 1.29 bits per heavy atom. The molecule has 0 saturated heterocycles. The van der Waals surface area contributed by atoms with Crippen molar-refractivity contribution in [3.05, 3.63) is 23.8 Å². The molecule has 0 aliphatic heterocycles. The minimum atomic E-state index is -1.93. The highest BCUT2D eigenvalue weighted by Crippen LogP contribution is 2.40. The van der Waals surface area contributed by atoms with Crippen molar-refractivity contribution < 1.29 is 14.0 Å². The van der Waals surface area contributed by atoms with Crippen LogP contribution in [-0.2, 0) is 6.61 Å². The number of rotatable bonds is 5. The summed E-state index contributed by atoms with van der Waals surface area (Å²) in [4.78, 5) is 0. The van der Waals surface area contributed by atoms with Gasteiger partial charge in [0, 0.05) is 5.56 Å². The van der Waals surface area contributed by atoms with Crippen LogP contribution < -0.4 is 8.85 Å². The van der Waals surface area contributed by atoms with E-state index >= 15 is 0 Å². The highest BCUT2D eigenvalue weighted by molar-refractivity contribution is 6.75. The van der Waals surface area contributed by atoms with Crippen LogP contribution in [0.25, 0.3) is 0 Å². The lowest BCUT2D eigenvalue weighted by molar-refractivity contribution is 0.277. The van der Waals surface area contributed by atoms with E-state index in [9.17, 15) is 5.11 Å². The largest absolute Gasteiger partial charge is 0.543 e. The summed E-state index contributed by atoms with van der Waals surface area (Å²) in [6, 6.07) is 5.86. The molecule has 0 radical (unpaired) electrons. The van der Waals surface area contributed by atoms with Crippen LogP contribution in [0.2, 0.25) is 36.3 Å². The van der Waals surface area contributed by atoms with Crippen LogP contribution >= 0.6 is 0 Å². The second-order valence-corrected chi connectivity index (χ2v) is 19.1. The molecule has 3 nitrogen and oxygen atoms in total. The van der Waals surface area contributed by atoms with E-state index in [1.807, 2.05) is 18.2 Å². The molecule has 0 aliphatic carbocycles. The van der Waals surface area contributed by atoms with Crippen LogP contribution in [0.4, 0.5) is 0 Å². The lowest BCUT2D eigenvalue weighted by Gasteiger charge is -2.38. The molecule has 0 aromatic heterocycles. The molecule has 0 atom stereocenters. The standard InChI is InChI=1S/C19H36O3Si2/c1-18(2,3)23(7,8)21-16-11-12-17(15(13-16)14-20)22-24(9,10)19(4,5)6/h11-13,20H,14H2,1-10H3. The minimum absolute atomic E-state index is 0.0430. The van der Waals surface area contributed by atoms with Crippen molar-refractivity contribution in [1.29, 1.82) is 0 Å². The molecule has 24 heavy (non-hydrogen) atoms. The predicted molar refractivity (Wildman–Crippen MR) is 108 cm³/mol. The van der Waals surface area contributed by atoms with Gasteiger partial charge in [-0.05, 0) is 54.5 Å². The van der Waals surface area contributed by atoms with Crippen LogP contribution in [0.3, 0.4) is 0 Å². The highest BCUT2D eigenvalue weighted by atomic mass is 28.4. The third-order valence-corrected chi connectivity index (χ3v) is 14.3. The van der Waals surface area contributed by atoms with Gasteiger partial charge in [0.15, 0.2) is 0 Å². The van der Waals surface area contributed by atoms with Gasteiger partial charge >= 0.3 is 0 Å². The summed E-state index contributed by atoms with van der Waals surface area (Å²) in [5.74, 6) is 1.61. The summed E-state index contributed by atoms with van der Waals surface area (Å²) in [6.45, 7) is 22.2. The minimum Gasteiger partial charge on any atom is -0.543 e. The van der Waals surface area contributed by atoms with Crippen molar-refractivity contribution in [1.82, 2.24) is 0 Å². The van der Waals surface area contributed by atoms with E-state index in [1.54, 1.807) is 0 Å². The second kappa shape index (κ2) is 6.85. The molecule has 5 heteroatoms. The van der Waals surface area contributed by atoms with Crippen molar-refractivity contribution >= 4 is 16.6 Å². The van der Waals surface area contributed by atoms with Crippen LogP contribution in [0.15, 0.2) is 18.2 Å². The number of benzene rings is 1. The Morgan fingerprint density at radius 3 is 1.71 bits per heavy atom. The number of aliphatic hydroxyl groups is 1. The Bertz CT molecular complexity index is 567. The van der Waals surface area contributed by atoms with Gasteiger partial charge < -0.3 is 14.0 Å². The van der Waals surface area contributed by atoms with Crippen molar-refractivity contribution in [2.75, 3.05) is 0 Å². The summed E-state index contributed by atoms with van der Waals surface area (Å²) < 4.78 is 12.7. The molecule has 0 fully saturated rings. The molecule has 1 rings (SSSR count). The zero-order chi connectivity index (χ0) is 19.0. The Balaban J connectivity index is 3.10. The monoisotopic (exact) mass is 368 g/mol. The van der Waals surface area contributed by atoms with Gasteiger partial charge in [0.1, 0.15) is 11.5 Å². The Morgan fingerprint density at radius 1 is 0.833 bits per heavy atom. The molecule has 0 bridgehead atoms. The first-order valence-corrected chi connectivity index (χ1v) is 14.5. The topological polar surface area (TPSA) is 38.7 Å². The molecule has 0 spiro atoms. The van der Waals surface area contributed by atoms with Crippen molar-refractivity contribution in [3.63, 3.8) is 0 Å². The molecule has 1 aromatic carbocycles. The van der Waals surface area contributed by atoms with Gasteiger partial charge in [0.2, 0.25) is 16.6 Å². The Labute approximate surface area is 150 Å². The fourth-order valence-electron chi connectivity index (χ4n) is 1.72.